The first-order chi connectivity index (χ1) is 8.15. The van der Waals surface area contributed by atoms with Crippen LogP contribution in [-0.4, -0.2) is 19.2 Å². The first-order valence-electron chi connectivity index (χ1n) is 6.59. The molecule has 0 amide bonds. The molecule has 0 spiro atoms. The zero-order valence-corrected chi connectivity index (χ0v) is 11.1. The van der Waals surface area contributed by atoms with Crippen molar-refractivity contribution < 1.29 is 4.74 Å². The number of nitrogens with one attached hydrogen (secondary N) is 1. The van der Waals surface area contributed by atoms with Gasteiger partial charge in [0.05, 0.1) is 0 Å². The van der Waals surface area contributed by atoms with E-state index in [0.717, 1.165) is 24.8 Å². The van der Waals surface area contributed by atoms with Crippen LogP contribution in [0.1, 0.15) is 30.9 Å². The van der Waals surface area contributed by atoms with Crippen molar-refractivity contribution in [3.8, 4) is 5.75 Å². The molecule has 1 aliphatic rings. The van der Waals surface area contributed by atoms with Gasteiger partial charge in [-0.2, -0.15) is 0 Å². The van der Waals surface area contributed by atoms with Gasteiger partial charge in [-0.05, 0) is 62.8 Å². The minimum Gasteiger partial charge on any atom is -0.492 e. The lowest BCUT2D eigenvalue weighted by Gasteiger charge is -2.13. The van der Waals surface area contributed by atoms with Crippen LogP contribution in [0.2, 0.25) is 0 Å². The lowest BCUT2D eigenvalue weighted by molar-refractivity contribution is 0.303. The summed E-state index contributed by atoms with van der Waals surface area (Å²) in [5.41, 5.74) is 2.53. The Morgan fingerprint density at radius 2 is 1.88 bits per heavy atom. The highest BCUT2D eigenvalue weighted by molar-refractivity contribution is 5.32. The first-order valence-corrected chi connectivity index (χ1v) is 6.59. The van der Waals surface area contributed by atoms with Crippen LogP contribution in [0.4, 0.5) is 0 Å². The van der Waals surface area contributed by atoms with Crippen LogP contribution in [0.3, 0.4) is 0 Å². The van der Waals surface area contributed by atoms with Gasteiger partial charge in [-0.1, -0.05) is 6.07 Å². The van der Waals surface area contributed by atoms with Gasteiger partial charge in [-0.25, -0.2) is 0 Å². The molecule has 0 radical (unpaired) electrons. The van der Waals surface area contributed by atoms with Crippen molar-refractivity contribution in [3.05, 3.63) is 29.3 Å². The fourth-order valence-corrected chi connectivity index (χ4v) is 2.23. The number of hydrogen-bond donors (Lipinski definition) is 1. The Balaban J connectivity index is 1.70. The van der Waals surface area contributed by atoms with Gasteiger partial charge < -0.3 is 10.1 Å². The van der Waals surface area contributed by atoms with Crippen molar-refractivity contribution in [2.24, 2.45) is 5.92 Å². The standard InChI is InChI=1S/C15H23NO/c1-11-8-12(2)10-15(9-11)17-7-6-16-13(3)14-4-5-14/h8-10,13-14,16H,4-7H2,1-3H3. The molecule has 17 heavy (non-hydrogen) atoms. The maximum atomic E-state index is 5.76. The third kappa shape index (κ3) is 4.04. The Hall–Kier alpha value is -1.02. The second-order valence-corrected chi connectivity index (χ2v) is 5.25. The summed E-state index contributed by atoms with van der Waals surface area (Å²) >= 11 is 0. The van der Waals surface area contributed by atoms with Crippen molar-refractivity contribution >= 4 is 0 Å². The van der Waals surface area contributed by atoms with Gasteiger partial charge in [0, 0.05) is 12.6 Å². The van der Waals surface area contributed by atoms with Crippen LogP contribution in [0.25, 0.3) is 0 Å². The van der Waals surface area contributed by atoms with Gasteiger partial charge >= 0.3 is 0 Å². The number of aryl methyl sites for hydroxylation is 2. The molecule has 1 atom stereocenters. The van der Waals surface area contributed by atoms with Crippen LogP contribution in [0, 0.1) is 19.8 Å². The minimum atomic E-state index is 0.651. The van der Waals surface area contributed by atoms with E-state index in [-0.39, 0.29) is 0 Å². The zero-order chi connectivity index (χ0) is 12.3. The van der Waals surface area contributed by atoms with Gasteiger partial charge in [-0.3, -0.25) is 0 Å². The van der Waals surface area contributed by atoms with E-state index >= 15 is 0 Å². The Bertz CT molecular complexity index is 351. The summed E-state index contributed by atoms with van der Waals surface area (Å²) in [6.45, 7) is 8.17. The van der Waals surface area contributed by atoms with Gasteiger partial charge in [0.15, 0.2) is 0 Å². The van der Waals surface area contributed by atoms with E-state index in [1.165, 1.54) is 24.0 Å². The Morgan fingerprint density at radius 3 is 2.47 bits per heavy atom. The van der Waals surface area contributed by atoms with Gasteiger partial charge in [0.1, 0.15) is 12.4 Å². The van der Waals surface area contributed by atoms with E-state index in [2.05, 4.69) is 44.3 Å². The summed E-state index contributed by atoms with van der Waals surface area (Å²) in [5, 5.41) is 3.52. The summed E-state index contributed by atoms with van der Waals surface area (Å²) in [5.74, 6) is 1.90. The molecule has 1 aromatic rings. The van der Waals surface area contributed by atoms with E-state index in [1.54, 1.807) is 0 Å². The molecule has 0 aromatic heterocycles. The summed E-state index contributed by atoms with van der Waals surface area (Å²) in [6, 6.07) is 7.01. The van der Waals surface area contributed by atoms with E-state index in [1.807, 2.05) is 0 Å². The molecule has 94 valence electrons. The lowest BCUT2D eigenvalue weighted by Crippen LogP contribution is -2.31. The molecule has 1 aliphatic carbocycles. The molecule has 1 unspecified atom stereocenters. The highest BCUT2D eigenvalue weighted by Gasteiger charge is 2.27. The molecule has 0 aliphatic heterocycles. The molecule has 2 nitrogen and oxygen atoms in total. The smallest absolute Gasteiger partial charge is 0.119 e. The quantitative estimate of drug-likeness (QED) is 0.762. The maximum Gasteiger partial charge on any atom is 0.119 e. The highest BCUT2D eigenvalue weighted by Crippen LogP contribution is 2.32. The molecule has 1 aromatic carbocycles. The molecular formula is C15H23NO. The van der Waals surface area contributed by atoms with Gasteiger partial charge in [0.25, 0.3) is 0 Å². The molecule has 2 heteroatoms. The SMILES string of the molecule is Cc1cc(C)cc(OCCNC(C)C2CC2)c1. The monoisotopic (exact) mass is 233 g/mol. The number of benzene rings is 1. The number of hydrogen-bond acceptors (Lipinski definition) is 2. The predicted octanol–water partition coefficient (Wildman–Crippen LogP) is 3.07. The summed E-state index contributed by atoms with van der Waals surface area (Å²) in [7, 11) is 0. The van der Waals surface area contributed by atoms with Crippen LogP contribution < -0.4 is 10.1 Å². The fourth-order valence-electron chi connectivity index (χ4n) is 2.23. The molecule has 0 heterocycles. The van der Waals surface area contributed by atoms with Crippen molar-refractivity contribution in [2.45, 2.75) is 39.7 Å². The van der Waals surface area contributed by atoms with Crippen molar-refractivity contribution in [1.82, 2.24) is 5.32 Å². The highest BCUT2D eigenvalue weighted by atomic mass is 16.5. The van der Waals surface area contributed by atoms with E-state index < -0.39 is 0 Å². The number of ether oxygens (including phenoxy) is 1. The molecule has 1 N–H and O–H groups in total. The second-order valence-electron chi connectivity index (χ2n) is 5.25. The van der Waals surface area contributed by atoms with Crippen molar-refractivity contribution in [2.75, 3.05) is 13.2 Å². The van der Waals surface area contributed by atoms with E-state index in [4.69, 9.17) is 4.74 Å². The van der Waals surface area contributed by atoms with Crippen molar-refractivity contribution in [3.63, 3.8) is 0 Å². The maximum absolute atomic E-state index is 5.76. The van der Waals surface area contributed by atoms with Crippen LogP contribution in [0.15, 0.2) is 18.2 Å². The molecule has 1 fully saturated rings. The summed E-state index contributed by atoms with van der Waals surface area (Å²) in [6.07, 6.45) is 2.79. The average molecular weight is 233 g/mol. The Kier molecular flexibility index (Phi) is 4.06. The first kappa shape index (κ1) is 12.4. The van der Waals surface area contributed by atoms with E-state index in [0.29, 0.717) is 6.04 Å². The second kappa shape index (κ2) is 5.54. The molecular weight excluding hydrogens is 210 g/mol. The Morgan fingerprint density at radius 1 is 1.24 bits per heavy atom. The largest absolute Gasteiger partial charge is 0.492 e. The van der Waals surface area contributed by atoms with Crippen LogP contribution in [-0.2, 0) is 0 Å². The zero-order valence-electron chi connectivity index (χ0n) is 11.1. The fraction of sp³-hybridized carbons (Fsp3) is 0.600. The summed E-state index contributed by atoms with van der Waals surface area (Å²) in [4.78, 5) is 0. The molecule has 2 rings (SSSR count). The third-order valence-electron chi connectivity index (χ3n) is 3.36. The number of rotatable bonds is 6. The third-order valence-corrected chi connectivity index (χ3v) is 3.36. The molecule has 1 saturated carbocycles. The van der Waals surface area contributed by atoms with E-state index in [9.17, 15) is 0 Å². The Labute approximate surface area is 104 Å². The lowest BCUT2D eigenvalue weighted by atomic mass is 10.1. The predicted molar refractivity (Wildman–Crippen MR) is 71.6 cm³/mol. The topological polar surface area (TPSA) is 21.3 Å². The molecule has 0 saturated heterocycles. The van der Waals surface area contributed by atoms with Gasteiger partial charge in [0.2, 0.25) is 0 Å². The van der Waals surface area contributed by atoms with Crippen LogP contribution in [0.5, 0.6) is 5.75 Å². The average Bonchev–Trinajstić information content (AvgIpc) is 3.06. The van der Waals surface area contributed by atoms with Gasteiger partial charge in [-0.15, -0.1) is 0 Å². The normalized spacial score (nSPS) is 16.9. The summed E-state index contributed by atoms with van der Waals surface area (Å²) < 4.78 is 5.76. The molecule has 0 bridgehead atoms. The minimum absolute atomic E-state index is 0.651. The van der Waals surface area contributed by atoms with Crippen LogP contribution >= 0.6 is 0 Å². The van der Waals surface area contributed by atoms with Crippen molar-refractivity contribution in [1.29, 1.82) is 0 Å².